The number of hydrogen-bond acceptors (Lipinski definition) is 10. The minimum atomic E-state index is -4.79. The second kappa shape index (κ2) is 10.0. The van der Waals surface area contributed by atoms with Crippen LogP contribution in [-0.4, -0.2) is 31.3 Å². The van der Waals surface area contributed by atoms with Crippen molar-refractivity contribution in [3.05, 3.63) is 94.4 Å². The lowest BCUT2D eigenvalue weighted by Crippen LogP contribution is -2.13. The van der Waals surface area contributed by atoms with E-state index in [1.165, 1.54) is 25.5 Å². The van der Waals surface area contributed by atoms with E-state index in [1.807, 2.05) is 6.07 Å². The molecule has 190 valence electrons. The number of ketones is 1. The van der Waals surface area contributed by atoms with Crippen molar-refractivity contribution in [2.75, 3.05) is 12.4 Å². The number of nitrogens with zero attached hydrogens (tertiary/aromatic N) is 1. The largest absolute Gasteiger partial charge is 0.505 e. The molecule has 0 amide bonds. The Morgan fingerprint density at radius 1 is 1.11 bits per heavy atom. The molecule has 0 saturated carbocycles. The molecular weight excluding hydrogens is 504 g/mol. The maximum absolute atomic E-state index is 13.3. The fraction of sp³-hybridized carbons (Fsp3) is 0.0800. The average Bonchev–Trinajstić information content (AvgIpc) is 3.32. The van der Waals surface area contributed by atoms with Gasteiger partial charge in [0.25, 0.3) is 5.69 Å². The lowest BCUT2D eigenvalue weighted by Gasteiger charge is -2.15. The van der Waals surface area contributed by atoms with E-state index in [0.29, 0.717) is 11.4 Å². The number of rotatable bonds is 9. The number of nitro groups is 1. The molecule has 2 N–H and O–H groups in total. The number of aromatic hydroxyl groups is 1. The second-order valence-corrected chi connectivity index (χ2v) is 9.20. The van der Waals surface area contributed by atoms with Crippen molar-refractivity contribution in [1.29, 1.82) is 0 Å². The van der Waals surface area contributed by atoms with Gasteiger partial charge in [-0.3, -0.25) is 14.9 Å². The summed E-state index contributed by atoms with van der Waals surface area (Å²) in [6.07, 6.45) is 2.36. The van der Waals surface area contributed by atoms with Crippen molar-refractivity contribution in [2.24, 2.45) is 0 Å². The van der Waals surface area contributed by atoms with Gasteiger partial charge in [-0.25, -0.2) is 0 Å². The highest BCUT2D eigenvalue weighted by atomic mass is 32.2. The van der Waals surface area contributed by atoms with Crippen molar-refractivity contribution >= 4 is 38.2 Å². The zero-order chi connectivity index (χ0) is 26.7. The molecule has 4 aromatic rings. The van der Waals surface area contributed by atoms with Crippen LogP contribution in [0.1, 0.15) is 17.3 Å². The summed E-state index contributed by atoms with van der Waals surface area (Å²) in [6.45, 7) is 1.63. The van der Waals surface area contributed by atoms with E-state index in [1.54, 1.807) is 31.2 Å². The summed E-state index contributed by atoms with van der Waals surface area (Å²) in [5, 5.41) is 25.1. The number of anilines is 1. The van der Waals surface area contributed by atoms with Gasteiger partial charge in [-0.15, -0.1) is 0 Å². The molecule has 0 spiro atoms. The van der Waals surface area contributed by atoms with Crippen LogP contribution in [0, 0.1) is 10.1 Å². The number of non-ortho nitro benzene ring substituents is 1. The van der Waals surface area contributed by atoms with Crippen molar-refractivity contribution in [3.63, 3.8) is 0 Å². The molecule has 1 heterocycles. The molecule has 0 fully saturated rings. The number of furan rings is 1. The van der Waals surface area contributed by atoms with Crippen LogP contribution in [0.25, 0.3) is 11.0 Å². The molecule has 0 atom stereocenters. The summed E-state index contributed by atoms with van der Waals surface area (Å²) in [5.41, 5.74) is 0.138. The first-order chi connectivity index (χ1) is 17.6. The molecule has 12 heteroatoms. The number of fused-ring (bicyclic) bond motifs is 1. The number of nitrogens with one attached hydrogen (secondary N) is 1. The summed E-state index contributed by atoms with van der Waals surface area (Å²) in [7, 11) is -3.53. The number of hydrogen-bond donors (Lipinski definition) is 2. The Bertz CT molecular complexity index is 1620. The number of carbonyl (C=O) groups is 1. The summed E-state index contributed by atoms with van der Waals surface area (Å²) in [4.78, 5) is 22.7. The Balaban J connectivity index is 1.80. The third-order valence-corrected chi connectivity index (χ3v) is 6.50. The Morgan fingerprint density at radius 3 is 2.41 bits per heavy atom. The van der Waals surface area contributed by atoms with E-state index < -0.39 is 37.0 Å². The van der Waals surface area contributed by atoms with Gasteiger partial charge in [0.2, 0.25) is 0 Å². The lowest BCUT2D eigenvalue weighted by molar-refractivity contribution is -0.384. The second-order valence-electron chi connectivity index (χ2n) is 7.72. The van der Waals surface area contributed by atoms with Crippen LogP contribution in [0.3, 0.4) is 0 Å². The smallest absolute Gasteiger partial charge is 0.346 e. The summed E-state index contributed by atoms with van der Waals surface area (Å²) in [6, 6.07) is 14.7. The monoisotopic (exact) mass is 524 g/mol. The minimum Gasteiger partial charge on any atom is -0.505 e. The molecule has 0 unspecified atom stereocenters. The van der Waals surface area contributed by atoms with Crippen molar-refractivity contribution in [1.82, 2.24) is 0 Å². The van der Waals surface area contributed by atoms with E-state index >= 15 is 0 Å². The quantitative estimate of drug-likeness (QED) is 0.100. The van der Waals surface area contributed by atoms with Crippen LogP contribution >= 0.6 is 0 Å². The van der Waals surface area contributed by atoms with Crippen LogP contribution in [0.15, 0.2) is 88.0 Å². The minimum absolute atomic E-state index is 0.0932. The molecule has 0 radical (unpaired) electrons. The topological polar surface area (TPSA) is 158 Å². The number of phenolic OH excluding ortho intramolecular Hbond substituents is 1. The summed E-state index contributed by atoms with van der Waals surface area (Å²) in [5.74, 6) is -2.03. The van der Waals surface area contributed by atoms with Gasteiger partial charge in [-0.2, -0.15) is 8.42 Å². The number of carbonyl (C=O) groups excluding carboxylic acids is 1. The molecule has 0 bridgehead atoms. The van der Waals surface area contributed by atoms with Gasteiger partial charge in [0.15, 0.2) is 22.0 Å². The predicted molar refractivity (Wildman–Crippen MR) is 133 cm³/mol. The van der Waals surface area contributed by atoms with Crippen LogP contribution in [-0.2, 0) is 10.1 Å². The summed E-state index contributed by atoms with van der Waals surface area (Å²) < 4.78 is 42.2. The third kappa shape index (κ3) is 5.09. The third-order valence-electron chi connectivity index (χ3n) is 5.21. The number of methoxy groups -OCH3 is 1. The highest BCUT2D eigenvalue weighted by Crippen LogP contribution is 2.44. The molecule has 4 rings (SSSR count). The van der Waals surface area contributed by atoms with Crippen molar-refractivity contribution in [2.45, 2.75) is 11.8 Å². The van der Waals surface area contributed by atoms with Crippen LogP contribution in [0.2, 0.25) is 0 Å². The SMILES string of the molecule is COc1c(C(=O)/C=C(/C)Nc2ccccc2)c(O)c(S(=O)(=O)Oc2ccc([N+](=O)[O-])cc2)c2occc12. The molecule has 1 aromatic heterocycles. The van der Waals surface area contributed by atoms with E-state index in [-0.39, 0.29) is 28.2 Å². The van der Waals surface area contributed by atoms with E-state index in [0.717, 1.165) is 24.3 Å². The zero-order valence-electron chi connectivity index (χ0n) is 19.5. The van der Waals surface area contributed by atoms with Gasteiger partial charge >= 0.3 is 10.1 Å². The van der Waals surface area contributed by atoms with Gasteiger partial charge in [-0.1, -0.05) is 18.2 Å². The number of para-hydroxylation sites is 1. The van der Waals surface area contributed by atoms with E-state index in [9.17, 15) is 28.4 Å². The Labute approximate surface area is 210 Å². The van der Waals surface area contributed by atoms with Crippen LogP contribution in [0.5, 0.6) is 17.2 Å². The zero-order valence-corrected chi connectivity index (χ0v) is 20.3. The van der Waals surface area contributed by atoms with E-state index in [2.05, 4.69) is 5.32 Å². The number of phenols is 1. The molecule has 0 aliphatic carbocycles. The van der Waals surface area contributed by atoms with Gasteiger partial charge in [0.1, 0.15) is 17.1 Å². The Morgan fingerprint density at radius 2 is 1.78 bits per heavy atom. The van der Waals surface area contributed by atoms with Gasteiger partial charge in [0.05, 0.1) is 23.7 Å². The average molecular weight is 525 g/mol. The molecule has 3 aromatic carbocycles. The Kier molecular flexibility index (Phi) is 6.85. The molecule has 11 nitrogen and oxygen atoms in total. The molecule has 0 saturated heterocycles. The van der Waals surface area contributed by atoms with E-state index in [4.69, 9.17) is 13.3 Å². The van der Waals surface area contributed by atoms with Crippen LogP contribution < -0.4 is 14.2 Å². The van der Waals surface area contributed by atoms with Crippen molar-refractivity contribution < 1.29 is 36.6 Å². The van der Waals surface area contributed by atoms with Gasteiger partial charge < -0.3 is 23.8 Å². The molecule has 37 heavy (non-hydrogen) atoms. The number of ether oxygens (including phenoxy) is 1. The molecular formula is C25H20N2O9S. The number of nitro benzene ring substituents is 1. The first kappa shape index (κ1) is 25.3. The number of benzene rings is 3. The maximum atomic E-state index is 13.3. The first-order valence-corrected chi connectivity index (χ1v) is 12.1. The standard InChI is InChI=1S/C25H20N2O9S/c1-15(26-16-6-4-3-5-7-16)14-20(28)21-22(29)25(24-19(12-13-35-24)23(21)34-2)37(32,33)36-18-10-8-17(9-11-18)27(30)31/h3-14,26,29H,1-2H3/b15-14-. The Hall–Kier alpha value is -4.84. The normalized spacial score (nSPS) is 11.8. The lowest BCUT2D eigenvalue weighted by atomic mass is 10.0. The fourth-order valence-corrected chi connectivity index (χ4v) is 4.82. The maximum Gasteiger partial charge on any atom is 0.346 e. The predicted octanol–water partition coefficient (Wildman–Crippen LogP) is 5.02. The first-order valence-electron chi connectivity index (χ1n) is 10.7. The number of allylic oxidation sites excluding steroid dienone is 2. The van der Waals surface area contributed by atoms with Gasteiger partial charge in [-0.05, 0) is 37.3 Å². The molecule has 0 aliphatic rings. The highest BCUT2D eigenvalue weighted by molar-refractivity contribution is 7.87. The van der Waals surface area contributed by atoms with Crippen LogP contribution in [0.4, 0.5) is 11.4 Å². The van der Waals surface area contributed by atoms with Crippen molar-refractivity contribution in [3.8, 4) is 17.2 Å². The highest BCUT2D eigenvalue weighted by Gasteiger charge is 2.34. The van der Waals surface area contributed by atoms with Gasteiger partial charge in [0, 0.05) is 29.6 Å². The molecule has 0 aliphatic heterocycles. The fourth-order valence-electron chi connectivity index (χ4n) is 3.65. The summed E-state index contributed by atoms with van der Waals surface area (Å²) >= 11 is 0.